The number of carbonyl (C=O) groups is 1. The molecule has 2 fully saturated rings. The average molecular weight is 367 g/mol. The molecule has 2 saturated heterocycles. The number of hydrogen-bond donors (Lipinski definition) is 2. The predicted octanol–water partition coefficient (Wildman–Crippen LogP) is 0.253. The number of rotatable bonds is 4. The van der Waals surface area contributed by atoms with E-state index in [2.05, 4.69) is 10.6 Å². The standard InChI is InChI=1S/C17H25N3O4S/c1-13-2-4-15(5-3-13)25(22,23)20-9-6-14(7-10-20)19-17(21)16-12-18-8-11-24-16/h2-5,14,16,18H,6-12H2,1H3,(H,19,21). The number of benzene rings is 1. The van der Waals surface area contributed by atoms with Crippen LogP contribution in [-0.4, -0.2) is 63.6 Å². The van der Waals surface area contributed by atoms with Crippen molar-refractivity contribution in [1.29, 1.82) is 0 Å². The molecule has 1 atom stereocenters. The van der Waals surface area contributed by atoms with Crippen LogP contribution >= 0.6 is 0 Å². The lowest BCUT2D eigenvalue weighted by Gasteiger charge is -2.33. The van der Waals surface area contributed by atoms with Gasteiger partial charge in [0.05, 0.1) is 11.5 Å². The van der Waals surface area contributed by atoms with Crippen LogP contribution in [0.3, 0.4) is 0 Å². The van der Waals surface area contributed by atoms with Gasteiger partial charge in [0.1, 0.15) is 6.10 Å². The highest BCUT2D eigenvalue weighted by Gasteiger charge is 2.31. The van der Waals surface area contributed by atoms with Crippen LogP contribution in [0.15, 0.2) is 29.2 Å². The lowest BCUT2D eigenvalue weighted by atomic mass is 10.1. The molecular formula is C17H25N3O4S. The Labute approximate surface area is 148 Å². The molecule has 1 aromatic carbocycles. The van der Waals surface area contributed by atoms with Gasteiger partial charge in [-0.1, -0.05) is 17.7 Å². The van der Waals surface area contributed by atoms with Crippen molar-refractivity contribution in [2.45, 2.75) is 36.8 Å². The molecule has 2 aliphatic heterocycles. The normalized spacial score (nSPS) is 23.3. The van der Waals surface area contributed by atoms with E-state index in [1.165, 1.54) is 4.31 Å². The molecule has 1 unspecified atom stereocenters. The number of nitrogens with one attached hydrogen (secondary N) is 2. The minimum atomic E-state index is -3.47. The third kappa shape index (κ3) is 4.38. The fourth-order valence-electron chi connectivity index (χ4n) is 3.13. The summed E-state index contributed by atoms with van der Waals surface area (Å²) in [7, 11) is -3.47. The van der Waals surface area contributed by atoms with Gasteiger partial charge >= 0.3 is 0 Å². The largest absolute Gasteiger partial charge is 0.366 e. The van der Waals surface area contributed by atoms with Gasteiger partial charge in [0.15, 0.2) is 0 Å². The Morgan fingerprint density at radius 2 is 1.92 bits per heavy atom. The SMILES string of the molecule is Cc1ccc(S(=O)(=O)N2CCC(NC(=O)C3CNCCO3)CC2)cc1. The zero-order valence-corrected chi connectivity index (χ0v) is 15.2. The highest BCUT2D eigenvalue weighted by molar-refractivity contribution is 7.89. The Morgan fingerprint density at radius 3 is 2.52 bits per heavy atom. The maximum absolute atomic E-state index is 12.7. The fourth-order valence-corrected chi connectivity index (χ4v) is 4.60. The quantitative estimate of drug-likeness (QED) is 0.797. The Bertz CT molecular complexity index is 691. The molecule has 1 amide bonds. The number of morpholine rings is 1. The van der Waals surface area contributed by atoms with E-state index in [0.29, 0.717) is 44.0 Å². The van der Waals surface area contributed by atoms with Crippen molar-refractivity contribution < 1.29 is 17.9 Å². The van der Waals surface area contributed by atoms with Gasteiger partial charge in [-0.05, 0) is 31.9 Å². The van der Waals surface area contributed by atoms with E-state index in [4.69, 9.17) is 4.74 Å². The highest BCUT2D eigenvalue weighted by Crippen LogP contribution is 2.21. The van der Waals surface area contributed by atoms with Gasteiger partial charge in [0.2, 0.25) is 10.0 Å². The molecule has 0 aliphatic carbocycles. The number of amides is 1. The van der Waals surface area contributed by atoms with Gasteiger partial charge in [-0.25, -0.2) is 8.42 Å². The summed E-state index contributed by atoms with van der Waals surface area (Å²) in [4.78, 5) is 12.5. The van der Waals surface area contributed by atoms with Crippen LogP contribution in [0, 0.1) is 6.92 Å². The third-order valence-corrected chi connectivity index (χ3v) is 6.59. The van der Waals surface area contributed by atoms with Gasteiger partial charge < -0.3 is 15.4 Å². The number of hydrogen-bond acceptors (Lipinski definition) is 5. The van der Waals surface area contributed by atoms with Gasteiger partial charge in [-0.3, -0.25) is 4.79 Å². The molecule has 8 heteroatoms. The summed E-state index contributed by atoms with van der Waals surface area (Å²) in [5, 5.41) is 6.11. The van der Waals surface area contributed by atoms with Crippen molar-refractivity contribution in [1.82, 2.24) is 14.9 Å². The summed E-state index contributed by atoms with van der Waals surface area (Å²) in [6.07, 6.45) is 0.761. The molecule has 1 aromatic rings. The Balaban J connectivity index is 1.54. The molecule has 3 rings (SSSR count). The number of aryl methyl sites for hydroxylation is 1. The summed E-state index contributed by atoms with van der Waals surface area (Å²) < 4.78 is 32.3. The smallest absolute Gasteiger partial charge is 0.250 e. The number of sulfonamides is 1. The minimum absolute atomic E-state index is 0.0116. The topological polar surface area (TPSA) is 87.7 Å². The third-order valence-electron chi connectivity index (χ3n) is 4.68. The maximum Gasteiger partial charge on any atom is 0.250 e. The van der Waals surface area contributed by atoms with E-state index in [0.717, 1.165) is 12.1 Å². The molecule has 0 saturated carbocycles. The monoisotopic (exact) mass is 367 g/mol. The summed E-state index contributed by atoms with van der Waals surface area (Å²) in [5.41, 5.74) is 1.03. The minimum Gasteiger partial charge on any atom is -0.366 e. The first-order valence-electron chi connectivity index (χ1n) is 8.66. The van der Waals surface area contributed by atoms with E-state index in [-0.39, 0.29) is 11.9 Å². The summed E-state index contributed by atoms with van der Waals surface area (Å²) in [6, 6.07) is 6.89. The Hall–Kier alpha value is -1.48. The summed E-state index contributed by atoms with van der Waals surface area (Å²) in [6.45, 7) is 4.56. The molecular weight excluding hydrogens is 342 g/mol. The van der Waals surface area contributed by atoms with Crippen LogP contribution in [-0.2, 0) is 19.6 Å². The maximum atomic E-state index is 12.7. The van der Waals surface area contributed by atoms with Crippen molar-refractivity contribution in [3.63, 3.8) is 0 Å². The average Bonchev–Trinajstić information content (AvgIpc) is 2.63. The summed E-state index contributed by atoms with van der Waals surface area (Å²) >= 11 is 0. The fraction of sp³-hybridized carbons (Fsp3) is 0.588. The number of nitrogens with zero attached hydrogens (tertiary/aromatic N) is 1. The van der Waals surface area contributed by atoms with Crippen LogP contribution in [0.5, 0.6) is 0 Å². The van der Waals surface area contributed by atoms with Crippen molar-refractivity contribution in [3.05, 3.63) is 29.8 Å². The molecule has 0 aromatic heterocycles. The van der Waals surface area contributed by atoms with Gasteiger partial charge in [0.25, 0.3) is 5.91 Å². The highest BCUT2D eigenvalue weighted by atomic mass is 32.2. The first kappa shape index (κ1) is 18.3. The zero-order valence-electron chi connectivity index (χ0n) is 14.4. The van der Waals surface area contributed by atoms with E-state index < -0.39 is 16.1 Å². The number of ether oxygens (including phenoxy) is 1. The van der Waals surface area contributed by atoms with Crippen LogP contribution < -0.4 is 10.6 Å². The molecule has 2 aliphatic rings. The van der Waals surface area contributed by atoms with Crippen LogP contribution in [0.2, 0.25) is 0 Å². The van der Waals surface area contributed by atoms with E-state index in [1.54, 1.807) is 24.3 Å². The predicted molar refractivity (Wildman–Crippen MR) is 93.7 cm³/mol. The molecule has 7 nitrogen and oxygen atoms in total. The van der Waals surface area contributed by atoms with Crippen LogP contribution in [0.25, 0.3) is 0 Å². The Morgan fingerprint density at radius 1 is 1.24 bits per heavy atom. The molecule has 25 heavy (non-hydrogen) atoms. The summed E-state index contributed by atoms with van der Waals surface area (Å²) in [5.74, 6) is -0.118. The first-order valence-corrected chi connectivity index (χ1v) is 10.1. The lowest BCUT2D eigenvalue weighted by molar-refractivity contribution is -0.135. The molecule has 2 N–H and O–H groups in total. The van der Waals surface area contributed by atoms with Crippen LogP contribution in [0.4, 0.5) is 0 Å². The first-order chi connectivity index (χ1) is 12.0. The molecule has 2 heterocycles. The van der Waals surface area contributed by atoms with Gasteiger partial charge in [0, 0.05) is 32.2 Å². The second-order valence-corrected chi connectivity index (χ2v) is 8.50. The second kappa shape index (κ2) is 7.82. The lowest BCUT2D eigenvalue weighted by Crippen LogP contribution is -2.52. The van der Waals surface area contributed by atoms with E-state index in [9.17, 15) is 13.2 Å². The molecule has 0 radical (unpaired) electrons. The molecule has 0 spiro atoms. The second-order valence-electron chi connectivity index (χ2n) is 6.56. The van der Waals surface area contributed by atoms with Crippen molar-refractivity contribution in [2.75, 3.05) is 32.8 Å². The van der Waals surface area contributed by atoms with Crippen molar-refractivity contribution in [2.24, 2.45) is 0 Å². The van der Waals surface area contributed by atoms with Gasteiger partial charge in [-0.15, -0.1) is 0 Å². The molecule has 0 bridgehead atoms. The Kier molecular flexibility index (Phi) is 5.73. The molecule has 138 valence electrons. The number of carbonyl (C=O) groups excluding carboxylic acids is 1. The van der Waals surface area contributed by atoms with Crippen LogP contribution in [0.1, 0.15) is 18.4 Å². The zero-order chi connectivity index (χ0) is 17.9. The van der Waals surface area contributed by atoms with E-state index in [1.807, 2.05) is 6.92 Å². The number of piperidine rings is 1. The van der Waals surface area contributed by atoms with E-state index >= 15 is 0 Å². The van der Waals surface area contributed by atoms with Crippen molar-refractivity contribution in [3.8, 4) is 0 Å². The van der Waals surface area contributed by atoms with Crippen molar-refractivity contribution >= 4 is 15.9 Å². The van der Waals surface area contributed by atoms with Gasteiger partial charge in [-0.2, -0.15) is 4.31 Å².